The Morgan fingerprint density at radius 3 is 2.45 bits per heavy atom. The van der Waals surface area contributed by atoms with E-state index in [1.165, 1.54) is 0 Å². The van der Waals surface area contributed by atoms with E-state index in [1.54, 1.807) is 47.4 Å². The van der Waals surface area contributed by atoms with E-state index in [-0.39, 0.29) is 18.4 Å². The number of carbonyl (C=O) groups excluding carboxylic acids is 1. The fourth-order valence-corrected chi connectivity index (χ4v) is 3.38. The molecule has 1 aliphatic heterocycles. The molecule has 2 aromatic rings. The van der Waals surface area contributed by atoms with E-state index in [0.29, 0.717) is 36.1 Å². The predicted molar refractivity (Wildman–Crippen MR) is 109 cm³/mol. The van der Waals surface area contributed by atoms with E-state index < -0.39 is 10.1 Å². The molecule has 156 valence electrons. The summed E-state index contributed by atoms with van der Waals surface area (Å²) < 4.78 is 38.1. The Kier molecular flexibility index (Phi) is 6.32. The van der Waals surface area contributed by atoms with E-state index in [0.717, 1.165) is 18.2 Å². The average Bonchev–Trinajstić information content (AvgIpc) is 3.12. The van der Waals surface area contributed by atoms with Crippen LogP contribution in [0.15, 0.2) is 42.5 Å². The van der Waals surface area contributed by atoms with Crippen LogP contribution in [0, 0.1) is 5.92 Å². The lowest BCUT2D eigenvalue weighted by atomic mass is 10.1. The second-order valence-electron chi connectivity index (χ2n) is 7.41. The van der Waals surface area contributed by atoms with E-state index in [4.69, 9.17) is 13.7 Å². The molecule has 0 unspecified atom stereocenters. The van der Waals surface area contributed by atoms with Crippen LogP contribution in [0.25, 0.3) is 0 Å². The van der Waals surface area contributed by atoms with Crippen molar-refractivity contribution in [2.45, 2.75) is 26.8 Å². The molecule has 8 heteroatoms. The summed E-state index contributed by atoms with van der Waals surface area (Å²) in [5.41, 5.74) is 1.42. The lowest BCUT2D eigenvalue weighted by molar-refractivity contribution is 0.0735. The highest BCUT2D eigenvalue weighted by molar-refractivity contribution is 7.86. The highest BCUT2D eigenvalue weighted by Crippen LogP contribution is 2.33. The Morgan fingerprint density at radius 1 is 1.10 bits per heavy atom. The first-order valence-corrected chi connectivity index (χ1v) is 11.2. The van der Waals surface area contributed by atoms with Crippen LogP contribution in [0.1, 0.15) is 36.2 Å². The summed E-state index contributed by atoms with van der Waals surface area (Å²) in [6, 6.07) is 11.9. The largest absolute Gasteiger partial charge is 0.454 e. The van der Waals surface area contributed by atoms with Gasteiger partial charge in [0.05, 0.1) is 6.26 Å². The molecule has 0 aliphatic carbocycles. The third kappa shape index (κ3) is 5.87. The lowest BCUT2D eigenvalue weighted by Gasteiger charge is -2.24. The van der Waals surface area contributed by atoms with Gasteiger partial charge in [0.25, 0.3) is 5.91 Å². The second kappa shape index (κ2) is 8.73. The van der Waals surface area contributed by atoms with Crippen molar-refractivity contribution in [3.05, 3.63) is 53.6 Å². The van der Waals surface area contributed by atoms with E-state index in [9.17, 15) is 13.2 Å². The number of ether oxygens (including phenoxy) is 2. The van der Waals surface area contributed by atoms with Gasteiger partial charge in [0.2, 0.25) is 6.79 Å². The van der Waals surface area contributed by atoms with Gasteiger partial charge < -0.3 is 18.6 Å². The number of fused-ring (bicyclic) bond motifs is 1. The molecule has 0 saturated carbocycles. The molecule has 0 aromatic heterocycles. The maximum Gasteiger partial charge on any atom is 0.306 e. The number of rotatable bonds is 8. The summed E-state index contributed by atoms with van der Waals surface area (Å²) in [6.07, 6.45) is 1.87. The first-order valence-electron chi connectivity index (χ1n) is 9.38. The average molecular weight is 419 g/mol. The zero-order valence-electron chi connectivity index (χ0n) is 16.8. The number of benzene rings is 2. The van der Waals surface area contributed by atoms with Gasteiger partial charge in [-0.25, -0.2) is 0 Å². The topological polar surface area (TPSA) is 82.1 Å². The van der Waals surface area contributed by atoms with Gasteiger partial charge in [-0.3, -0.25) is 4.79 Å². The van der Waals surface area contributed by atoms with Crippen molar-refractivity contribution < 1.29 is 26.9 Å². The monoisotopic (exact) mass is 419 g/mol. The van der Waals surface area contributed by atoms with Crippen molar-refractivity contribution in [1.29, 1.82) is 0 Å². The van der Waals surface area contributed by atoms with Gasteiger partial charge in [0.1, 0.15) is 5.75 Å². The van der Waals surface area contributed by atoms with Crippen LogP contribution in [0.5, 0.6) is 17.2 Å². The van der Waals surface area contributed by atoms with Gasteiger partial charge in [0, 0.05) is 18.7 Å². The Balaban J connectivity index is 1.77. The van der Waals surface area contributed by atoms with Gasteiger partial charge in [0.15, 0.2) is 11.5 Å². The molecule has 0 saturated heterocycles. The molecule has 3 rings (SSSR count). The first kappa shape index (κ1) is 21.0. The number of nitrogens with zero attached hydrogens (tertiary/aromatic N) is 1. The van der Waals surface area contributed by atoms with Crippen LogP contribution in [0.2, 0.25) is 0 Å². The van der Waals surface area contributed by atoms with Crippen molar-refractivity contribution >= 4 is 16.0 Å². The minimum absolute atomic E-state index is 0.0968. The third-order valence-electron chi connectivity index (χ3n) is 4.43. The molecule has 1 aliphatic rings. The molecule has 7 nitrogen and oxygen atoms in total. The van der Waals surface area contributed by atoms with Gasteiger partial charge >= 0.3 is 10.1 Å². The van der Waals surface area contributed by atoms with Crippen LogP contribution in [-0.4, -0.2) is 38.8 Å². The van der Waals surface area contributed by atoms with Crippen LogP contribution in [-0.2, 0) is 16.7 Å². The summed E-state index contributed by atoms with van der Waals surface area (Å²) in [5, 5.41) is 0. The summed E-state index contributed by atoms with van der Waals surface area (Å²) in [7, 11) is -3.57. The summed E-state index contributed by atoms with van der Waals surface area (Å²) in [5.74, 6) is 1.80. The van der Waals surface area contributed by atoms with Gasteiger partial charge in [-0.05, 0) is 48.2 Å². The zero-order valence-corrected chi connectivity index (χ0v) is 17.6. The van der Waals surface area contributed by atoms with Crippen molar-refractivity contribution in [3.8, 4) is 17.2 Å². The summed E-state index contributed by atoms with van der Waals surface area (Å²) in [4.78, 5) is 14.9. The third-order valence-corrected chi connectivity index (χ3v) is 4.92. The fourth-order valence-electron chi connectivity index (χ4n) is 2.92. The SMILES string of the molecule is CC(C)CCN(Cc1ccc(OS(C)(=O)=O)cc1)C(=O)c1ccc2c(c1)OCO2. The first-order chi connectivity index (χ1) is 13.7. The molecule has 1 amide bonds. The van der Waals surface area contributed by atoms with Crippen LogP contribution in [0.3, 0.4) is 0 Å². The molecule has 0 radical (unpaired) electrons. The van der Waals surface area contributed by atoms with Crippen LogP contribution < -0.4 is 13.7 Å². The molecule has 0 atom stereocenters. The van der Waals surface area contributed by atoms with Crippen molar-refractivity contribution in [3.63, 3.8) is 0 Å². The molecule has 2 aromatic carbocycles. The van der Waals surface area contributed by atoms with Crippen LogP contribution >= 0.6 is 0 Å². The van der Waals surface area contributed by atoms with E-state index >= 15 is 0 Å². The van der Waals surface area contributed by atoms with E-state index in [2.05, 4.69) is 13.8 Å². The zero-order chi connectivity index (χ0) is 21.0. The molecular weight excluding hydrogens is 394 g/mol. The Labute approximate surface area is 171 Å². The second-order valence-corrected chi connectivity index (χ2v) is 8.98. The Morgan fingerprint density at radius 2 is 1.79 bits per heavy atom. The highest BCUT2D eigenvalue weighted by Gasteiger charge is 2.21. The lowest BCUT2D eigenvalue weighted by Crippen LogP contribution is -2.32. The standard InChI is InChI=1S/C21H25NO6S/c1-15(2)10-11-22(13-16-4-7-18(8-5-16)28-29(3,24)25)21(23)17-6-9-19-20(12-17)27-14-26-19/h4-9,12,15H,10-11,13-14H2,1-3H3. The summed E-state index contributed by atoms with van der Waals surface area (Å²) >= 11 is 0. The smallest absolute Gasteiger partial charge is 0.306 e. The van der Waals surface area contributed by atoms with Gasteiger partial charge in [-0.2, -0.15) is 8.42 Å². The quantitative estimate of drug-likeness (QED) is 0.610. The maximum absolute atomic E-state index is 13.1. The van der Waals surface area contributed by atoms with Crippen molar-refractivity contribution in [2.24, 2.45) is 5.92 Å². The minimum Gasteiger partial charge on any atom is -0.454 e. The number of hydrogen-bond donors (Lipinski definition) is 0. The Bertz CT molecular complexity index is 969. The minimum atomic E-state index is -3.57. The number of amides is 1. The Hall–Kier alpha value is -2.74. The predicted octanol–water partition coefficient (Wildman–Crippen LogP) is 3.44. The molecule has 0 bridgehead atoms. The summed E-state index contributed by atoms with van der Waals surface area (Å²) in [6.45, 7) is 5.39. The van der Waals surface area contributed by atoms with Crippen molar-refractivity contribution in [1.82, 2.24) is 4.90 Å². The maximum atomic E-state index is 13.1. The normalized spacial score (nSPS) is 12.8. The van der Waals surface area contributed by atoms with Gasteiger partial charge in [-0.15, -0.1) is 0 Å². The number of hydrogen-bond acceptors (Lipinski definition) is 6. The highest BCUT2D eigenvalue weighted by atomic mass is 32.2. The van der Waals surface area contributed by atoms with Crippen molar-refractivity contribution in [2.75, 3.05) is 19.6 Å². The van der Waals surface area contributed by atoms with Crippen LogP contribution in [0.4, 0.5) is 0 Å². The van der Waals surface area contributed by atoms with Gasteiger partial charge in [-0.1, -0.05) is 26.0 Å². The molecule has 0 fully saturated rings. The molecular formula is C21H25NO6S. The molecule has 0 spiro atoms. The molecule has 1 heterocycles. The molecule has 29 heavy (non-hydrogen) atoms. The van der Waals surface area contributed by atoms with E-state index in [1.807, 2.05) is 0 Å². The fraction of sp³-hybridized carbons (Fsp3) is 0.381. The molecule has 0 N–H and O–H groups in total. The number of carbonyl (C=O) groups is 1.